The predicted octanol–water partition coefficient (Wildman–Crippen LogP) is 3.49. The number of hydrogen-bond donors (Lipinski definition) is 1. The highest BCUT2D eigenvalue weighted by Crippen LogP contribution is 2.38. The molecule has 1 aliphatic carbocycles. The maximum absolute atomic E-state index is 5.61. The number of hydrogen-bond acceptors (Lipinski definition) is 2. The Morgan fingerprint density at radius 2 is 2.06 bits per heavy atom. The molecule has 0 spiro atoms. The van der Waals surface area contributed by atoms with Gasteiger partial charge in [0.1, 0.15) is 5.75 Å². The van der Waals surface area contributed by atoms with E-state index in [2.05, 4.69) is 27.3 Å². The van der Waals surface area contributed by atoms with Crippen molar-refractivity contribution < 1.29 is 4.74 Å². The molecule has 0 unspecified atom stereocenters. The number of benzene rings is 1. The summed E-state index contributed by atoms with van der Waals surface area (Å²) in [4.78, 5) is 0. The maximum Gasteiger partial charge on any atom is 0.136 e. The molecule has 0 fully saturated rings. The van der Waals surface area contributed by atoms with Crippen molar-refractivity contribution in [1.82, 2.24) is 5.32 Å². The second kappa shape index (κ2) is 6.58. The maximum atomic E-state index is 5.61. The molecule has 1 N–H and O–H groups in total. The average molecular weight is 312 g/mol. The molecule has 0 saturated carbocycles. The molecule has 1 aromatic carbocycles. The Balaban J connectivity index is 2.41. The fourth-order valence-corrected chi connectivity index (χ4v) is 3.60. The van der Waals surface area contributed by atoms with E-state index in [0.717, 1.165) is 18.7 Å². The van der Waals surface area contributed by atoms with Gasteiger partial charge in [0.2, 0.25) is 0 Å². The molecule has 1 aliphatic rings. The monoisotopic (exact) mass is 311 g/mol. The van der Waals surface area contributed by atoms with Crippen molar-refractivity contribution >= 4 is 15.9 Å². The highest BCUT2D eigenvalue weighted by molar-refractivity contribution is 9.10. The molecule has 0 amide bonds. The van der Waals surface area contributed by atoms with Crippen molar-refractivity contribution in [1.29, 1.82) is 0 Å². The number of rotatable bonds is 4. The van der Waals surface area contributed by atoms with Gasteiger partial charge >= 0.3 is 0 Å². The van der Waals surface area contributed by atoms with Crippen molar-refractivity contribution in [2.24, 2.45) is 0 Å². The first-order valence-corrected chi connectivity index (χ1v) is 7.59. The molecule has 100 valence electrons. The summed E-state index contributed by atoms with van der Waals surface area (Å²) in [5, 5.41) is 3.21. The van der Waals surface area contributed by atoms with Crippen LogP contribution in [-0.2, 0) is 19.3 Å². The van der Waals surface area contributed by atoms with E-state index in [1.165, 1.54) is 53.3 Å². The van der Waals surface area contributed by atoms with Crippen molar-refractivity contribution in [2.45, 2.75) is 38.5 Å². The van der Waals surface area contributed by atoms with Crippen LogP contribution in [0.4, 0.5) is 0 Å². The minimum absolute atomic E-state index is 0.988. The highest BCUT2D eigenvalue weighted by Gasteiger charge is 2.18. The summed E-state index contributed by atoms with van der Waals surface area (Å²) >= 11 is 3.76. The van der Waals surface area contributed by atoms with Crippen molar-refractivity contribution in [3.63, 3.8) is 0 Å². The largest absolute Gasteiger partial charge is 0.495 e. The number of nitrogens with one attached hydrogen (secondary N) is 1. The van der Waals surface area contributed by atoms with E-state index in [4.69, 9.17) is 4.74 Å². The summed E-state index contributed by atoms with van der Waals surface area (Å²) in [6.45, 7) is 0.988. The van der Waals surface area contributed by atoms with Gasteiger partial charge in [-0.15, -0.1) is 0 Å². The number of methoxy groups -OCH3 is 1. The van der Waals surface area contributed by atoms with Gasteiger partial charge < -0.3 is 10.1 Å². The van der Waals surface area contributed by atoms with Crippen molar-refractivity contribution in [3.05, 3.63) is 27.2 Å². The van der Waals surface area contributed by atoms with Crippen LogP contribution in [0.1, 0.15) is 36.0 Å². The van der Waals surface area contributed by atoms with Gasteiger partial charge in [-0.3, -0.25) is 0 Å². The van der Waals surface area contributed by atoms with E-state index in [1.807, 2.05) is 7.05 Å². The van der Waals surface area contributed by atoms with Gasteiger partial charge in [-0.05, 0) is 78.3 Å². The first-order valence-electron chi connectivity index (χ1n) is 6.79. The molecule has 2 nitrogen and oxygen atoms in total. The van der Waals surface area contributed by atoms with Crippen LogP contribution in [0.25, 0.3) is 0 Å². The number of fused-ring (bicyclic) bond motifs is 1. The molecular formula is C15H22BrNO. The predicted molar refractivity (Wildman–Crippen MR) is 79.6 cm³/mol. The number of aryl methyl sites for hydroxylation is 1. The standard InChI is InChI=1S/C15H22BrNO/c1-17-9-8-12-10-11-6-4-3-5-7-13(11)14(16)15(12)18-2/h10,17H,3-9H2,1-2H3. The molecule has 0 bridgehead atoms. The third kappa shape index (κ3) is 2.89. The van der Waals surface area contributed by atoms with Gasteiger partial charge in [0, 0.05) is 0 Å². The molecule has 2 rings (SSSR count). The summed E-state index contributed by atoms with van der Waals surface area (Å²) in [5.41, 5.74) is 4.31. The van der Waals surface area contributed by atoms with Crippen LogP contribution in [0.15, 0.2) is 10.5 Å². The van der Waals surface area contributed by atoms with Crippen LogP contribution in [-0.4, -0.2) is 20.7 Å². The summed E-state index contributed by atoms with van der Waals surface area (Å²) in [5.74, 6) is 1.03. The quantitative estimate of drug-likeness (QED) is 0.859. The molecule has 0 aromatic heterocycles. The molecule has 1 aromatic rings. The van der Waals surface area contributed by atoms with Crippen LogP contribution in [0.3, 0.4) is 0 Å². The van der Waals surface area contributed by atoms with E-state index < -0.39 is 0 Å². The topological polar surface area (TPSA) is 21.3 Å². The van der Waals surface area contributed by atoms with Crippen LogP contribution < -0.4 is 10.1 Å². The lowest BCUT2D eigenvalue weighted by atomic mass is 9.97. The van der Waals surface area contributed by atoms with Gasteiger partial charge in [0.05, 0.1) is 11.6 Å². The molecule has 0 saturated heterocycles. The average Bonchev–Trinajstić information content (AvgIpc) is 2.62. The number of likely N-dealkylation sites (N-methyl/N-ethyl adjacent to an activating group) is 1. The molecule has 0 aliphatic heterocycles. The van der Waals surface area contributed by atoms with E-state index in [0.29, 0.717) is 0 Å². The Bertz CT molecular complexity index is 417. The molecule has 3 heteroatoms. The van der Waals surface area contributed by atoms with Gasteiger partial charge in [0.25, 0.3) is 0 Å². The lowest BCUT2D eigenvalue weighted by Gasteiger charge is -2.17. The van der Waals surface area contributed by atoms with E-state index in [-0.39, 0.29) is 0 Å². The Labute approximate surface area is 118 Å². The summed E-state index contributed by atoms with van der Waals surface area (Å²) < 4.78 is 6.80. The number of halogens is 1. The zero-order valence-corrected chi connectivity index (χ0v) is 12.9. The molecule has 0 radical (unpaired) electrons. The number of ether oxygens (including phenoxy) is 1. The second-order valence-corrected chi connectivity index (χ2v) is 5.73. The van der Waals surface area contributed by atoms with Crippen LogP contribution in [0.2, 0.25) is 0 Å². The summed E-state index contributed by atoms with van der Waals surface area (Å²) in [6, 6.07) is 2.36. The first kappa shape index (κ1) is 13.9. The van der Waals surface area contributed by atoms with Gasteiger partial charge in [-0.1, -0.05) is 12.5 Å². The lowest BCUT2D eigenvalue weighted by Crippen LogP contribution is -2.12. The third-order valence-corrected chi connectivity index (χ3v) is 4.55. The third-order valence-electron chi connectivity index (χ3n) is 3.71. The SMILES string of the molecule is CNCCc1cc2c(c(Br)c1OC)CCCCC2. The van der Waals surface area contributed by atoms with Crippen LogP contribution >= 0.6 is 15.9 Å². The Morgan fingerprint density at radius 1 is 1.28 bits per heavy atom. The Hall–Kier alpha value is -0.540. The normalized spacial score (nSPS) is 15.1. The second-order valence-electron chi connectivity index (χ2n) is 4.93. The van der Waals surface area contributed by atoms with E-state index >= 15 is 0 Å². The minimum atomic E-state index is 0.988. The van der Waals surface area contributed by atoms with Gasteiger partial charge in [0.15, 0.2) is 0 Å². The molecule has 0 heterocycles. The zero-order valence-electron chi connectivity index (χ0n) is 11.3. The molecule has 0 atom stereocenters. The fraction of sp³-hybridized carbons (Fsp3) is 0.600. The van der Waals surface area contributed by atoms with Gasteiger partial charge in [-0.25, -0.2) is 0 Å². The minimum Gasteiger partial charge on any atom is -0.495 e. The van der Waals surface area contributed by atoms with Crippen LogP contribution in [0, 0.1) is 0 Å². The Morgan fingerprint density at radius 3 is 2.78 bits per heavy atom. The van der Waals surface area contributed by atoms with E-state index in [1.54, 1.807) is 7.11 Å². The summed E-state index contributed by atoms with van der Waals surface area (Å²) in [6.07, 6.45) is 7.37. The van der Waals surface area contributed by atoms with Crippen molar-refractivity contribution in [3.8, 4) is 5.75 Å². The van der Waals surface area contributed by atoms with Gasteiger partial charge in [-0.2, -0.15) is 0 Å². The van der Waals surface area contributed by atoms with Crippen molar-refractivity contribution in [2.75, 3.05) is 20.7 Å². The summed E-state index contributed by atoms with van der Waals surface area (Å²) in [7, 11) is 3.76. The Kier molecular flexibility index (Phi) is 5.07. The highest BCUT2D eigenvalue weighted by atomic mass is 79.9. The van der Waals surface area contributed by atoms with Crippen LogP contribution in [0.5, 0.6) is 5.75 Å². The fourth-order valence-electron chi connectivity index (χ4n) is 2.74. The zero-order chi connectivity index (χ0) is 13.0. The first-order chi connectivity index (χ1) is 8.77. The van der Waals surface area contributed by atoms with E-state index in [9.17, 15) is 0 Å². The molecule has 18 heavy (non-hydrogen) atoms. The molecular weight excluding hydrogens is 290 g/mol. The smallest absolute Gasteiger partial charge is 0.136 e. The lowest BCUT2D eigenvalue weighted by molar-refractivity contribution is 0.405.